The van der Waals surface area contributed by atoms with Gasteiger partial charge < -0.3 is 5.11 Å². The van der Waals surface area contributed by atoms with E-state index in [0.29, 0.717) is 30.5 Å². The van der Waals surface area contributed by atoms with Gasteiger partial charge in [0.25, 0.3) is 0 Å². The van der Waals surface area contributed by atoms with Crippen LogP contribution in [-0.4, -0.2) is 16.9 Å². The van der Waals surface area contributed by atoms with Gasteiger partial charge in [0.15, 0.2) is 0 Å². The van der Waals surface area contributed by atoms with E-state index in [2.05, 4.69) is 0 Å². The number of ketones is 1. The van der Waals surface area contributed by atoms with E-state index in [1.165, 1.54) is 0 Å². The summed E-state index contributed by atoms with van der Waals surface area (Å²) in [6.45, 7) is 0. The van der Waals surface area contributed by atoms with Crippen LogP contribution in [0.4, 0.5) is 0 Å². The molecule has 12 heavy (non-hydrogen) atoms. The van der Waals surface area contributed by atoms with Crippen molar-refractivity contribution in [1.82, 2.24) is 0 Å². The van der Waals surface area contributed by atoms with Gasteiger partial charge in [0.05, 0.1) is 5.92 Å². The van der Waals surface area contributed by atoms with Crippen molar-refractivity contribution in [2.24, 2.45) is 17.8 Å². The number of carboxylic acids is 1. The Bertz CT molecular complexity index is 218. The molecule has 0 aromatic heterocycles. The van der Waals surface area contributed by atoms with E-state index in [1.54, 1.807) is 0 Å². The number of rotatable bonds is 1. The van der Waals surface area contributed by atoms with Crippen molar-refractivity contribution in [3.8, 4) is 0 Å². The molecule has 3 heteroatoms. The molecule has 66 valence electrons. The molecule has 0 bridgehead atoms. The summed E-state index contributed by atoms with van der Waals surface area (Å²) in [4.78, 5) is 21.6. The molecule has 2 saturated carbocycles. The van der Waals surface area contributed by atoms with Crippen LogP contribution in [0.3, 0.4) is 0 Å². The number of carbonyl (C=O) groups is 2. The van der Waals surface area contributed by atoms with Gasteiger partial charge in [0, 0.05) is 12.8 Å². The molecule has 0 saturated heterocycles. The second kappa shape index (κ2) is 2.57. The summed E-state index contributed by atoms with van der Waals surface area (Å²) in [6.07, 6.45) is 2.72. The van der Waals surface area contributed by atoms with Gasteiger partial charge in [-0.15, -0.1) is 0 Å². The molecular weight excluding hydrogens is 156 g/mol. The Balaban J connectivity index is 2.02. The fourth-order valence-corrected chi connectivity index (χ4v) is 2.58. The summed E-state index contributed by atoms with van der Waals surface area (Å²) in [5.41, 5.74) is 0. The maximum Gasteiger partial charge on any atom is 0.306 e. The number of hydrogen-bond acceptors (Lipinski definition) is 2. The number of carbonyl (C=O) groups excluding carboxylic acids is 1. The van der Waals surface area contributed by atoms with Crippen LogP contribution in [0.1, 0.15) is 25.7 Å². The van der Waals surface area contributed by atoms with Gasteiger partial charge in [-0.3, -0.25) is 9.59 Å². The molecule has 2 unspecified atom stereocenters. The van der Waals surface area contributed by atoms with Crippen molar-refractivity contribution in [1.29, 1.82) is 0 Å². The molecule has 0 aromatic rings. The zero-order chi connectivity index (χ0) is 8.72. The second-order valence-electron chi connectivity index (χ2n) is 3.97. The van der Waals surface area contributed by atoms with Gasteiger partial charge in [0.1, 0.15) is 5.78 Å². The molecule has 2 aliphatic carbocycles. The molecule has 2 atom stereocenters. The van der Waals surface area contributed by atoms with Gasteiger partial charge in [-0.1, -0.05) is 0 Å². The Hall–Kier alpha value is -0.860. The van der Waals surface area contributed by atoms with Crippen molar-refractivity contribution in [2.75, 3.05) is 0 Å². The molecule has 1 N–H and O–H groups in total. The third kappa shape index (κ3) is 1.13. The highest BCUT2D eigenvalue weighted by Gasteiger charge is 2.43. The lowest BCUT2D eigenvalue weighted by Gasteiger charge is -2.02. The van der Waals surface area contributed by atoms with E-state index < -0.39 is 5.97 Å². The Morgan fingerprint density at radius 1 is 1.25 bits per heavy atom. The SMILES string of the molecule is O=C1CC2CC(C(=O)O)CC2C1. The molecular formula is C9H12O3. The van der Waals surface area contributed by atoms with Gasteiger partial charge in [0.2, 0.25) is 0 Å². The predicted molar refractivity (Wildman–Crippen MR) is 41.6 cm³/mol. The van der Waals surface area contributed by atoms with E-state index in [1.807, 2.05) is 0 Å². The maximum atomic E-state index is 11.0. The zero-order valence-corrected chi connectivity index (χ0v) is 6.82. The lowest BCUT2D eigenvalue weighted by Crippen LogP contribution is -2.11. The summed E-state index contributed by atoms with van der Waals surface area (Å²) >= 11 is 0. The number of hydrogen-bond donors (Lipinski definition) is 1. The summed E-state index contributed by atoms with van der Waals surface area (Å²) in [6, 6.07) is 0. The second-order valence-corrected chi connectivity index (χ2v) is 3.97. The zero-order valence-electron chi connectivity index (χ0n) is 6.82. The normalized spacial score (nSPS) is 40.0. The average molecular weight is 168 g/mol. The van der Waals surface area contributed by atoms with Crippen molar-refractivity contribution < 1.29 is 14.7 Å². The van der Waals surface area contributed by atoms with Crippen LogP contribution >= 0.6 is 0 Å². The van der Waals surface area contributed by atoms with Gasteiger partial charge in [-0.2, -0.15) is 0 Å². The van der Waals surface area contributed by atoms with Crippen LogP contribution in [0.15, 0.2) is 0 Å². The maximum absolute atomic E-state index is 11.0. The van der Waals surface area contributed by atoms with E-state index >= 15 is 0 Å². The van der Waals surface area contributed by atoms with E-state index in [-0.39, 0.29) is 5.92 Å². The summed E-state index contributed by atoms with van der Waals surface area (Å²) in [7, 11) is 0. The molecule has 0 aliphatic heterocycles. The van der Waals surface area contributed by atoms with E-state index in [0.717, 1.165) is 12.8 Å². The minimum absolute atomic E-state index is 0.173. The molecule has 2 aliphatic rings. The summed E-state index contributed by atoms with van der Waals surface area (Å²) in [5, 5.41) is 8.75. The standard InChI is InChI=1S/C9H12O3/c10-8-3-5-1-7(9(11)12)2-6(5)4-8/h5-7H,1-4H2,(H,11,12). The molecule has 3 nitrogen and oxygen atoms in total. The minimum Gasteiger partial charge on any atom is -0.481 e. The highest BCUT2D eigenvalue weighted by Crippen LogP contribution is 2.45. The first-order chi connectivity index (χ1) is 5.66. The molecule has 2 fully saturated rings. The highest BCUT2D eigenvalue weighted by molar-refractivity contribution is 5.82. The monoisotopic (exact) mass is 168 g/mol. The van der Waals surface area contributed by atoms with Crippen LogP contribution in [0.5, 0.6) is 0 Å². The van der Waals surface area contributed by atoms with Gasteiger partial charge in [-0.05, 0) is 24.7 Å². The first-order valence-electron chi connectivity index (χ1n) is 4.41. The molecule has 0 aromatic carbocycles. The number of aliphatic carboxylic acids is 1. The number of carboxylic acid groups (broad SMARTS) is 1. The fraction of sp³-hybridized carbons (Fsp3) is 0.778. The van der Waals surface area contributed by atoms with Crippen LogP contribution < -0.4 is 0 Å². The molecule has 2 rings (SSSR count). The highest BCUT2D eigenvalue weighted by atomic mass is 16.4. The smallest absolute Gasteiger partial charge is 0.306 e. The van der Waals surface area contributed by atoms with Crippen molar-refractivity contribution >= 4 is 11.8 Å². The summed E-state index contributed by atoms with van der Waals surface area (Å²) in [5.74, 6) is 0.246. The molecule has 0 spiro atoms. The van der Waals surface area contributed by atoms with Crippen LogP contribution in [0, 0.1) is 17.8 Å². The summed E-state index contributed by atoms with van der Waals surface area (Å²) < 4.78 is 0. The van der Waals surface area contributed by atoms with Crippen LogP contribution in [0.2, 0.25) is 0 Å². The first kappa shape index (κ1) is 7.77. The van der Waals surface area contributed by atoms with Gasteiger partial charge >= 0.3 is 5.97 Å². The van der Waals surface area contributed by atoms with Crippen molar-refractivity contribution in [3.05, 3.63) is 0 Å². The first-order valence-corrected chi connectivity index (χ1v) is 4.41. The van der Waals surface area contributed by atoms with Crippen LogP contribution in [-0.2, 0) is 9.59 Å². The van der Waals surface area contributed by atoms with E-state index in [9.17, 15) is 9.59 Å². The Morgan fingerprint density at radius 3 is 2.17 bits per heavy atom. The molecule has 0 radical (unpaired) electrons. The van der Waals surface area contributed by atoms with Crippen molar-refractivity contribution in [3.63, 3.8) is 0 Å². The Kier molecular flexibility index (Phi) is 1.67. The third-order valence-corrected chi connectivity index (χ3v) is 3.17. The topological polar surface area (TPSA) is 54.4 Å². The Labute approximate surface area is 70.8 Å². The lowest BCUT2D eigenvalue weighted by atomic mass is 10.0. The van der Waals surface area contributed by atoms with Crippen molar-refractivity contribution in [2.45, 2.75) is 25.7 Å². The van der Waals surface area contributed by atoms with E-state index in [4.69, 9.17) is 5.11 Å². The third-order valence-electron chi connectivity index (χ3n) is 3.17. The minimum atomic E-state index is -0.683. The largest absolute Gasteiger partial charge is 0.481 e. The quantitative estimate of drug-likeness (QED) is 0.637. The molecule has 0 heterocycles. The number of fused-ring (bicyclic) bond motifs is 1. The number of Topliss-reactive ketones (excluding diaryl/α,β-unsaturated/α-hetero) is 1. The molecule has 0 amide bonds. The fourth-order valence-electron chi connectivity index (χ4n) is 2.58. The Morgan fingerprint density at radius 2 is 1.75 bits per heavy atom. The van der Waals surface area contributed by atoms with Crippen LogP contribution in [0.25, 0.3) is 0 Å². The predicted octanol–water partition coefficient (Wildman–Crippen LogP) is 1.08. The lowest BCUT2D eigenvalue weighted by molar-refractivity contribution is -0.141. The average Bonchev–Trinajstić information content (AvgIpc) is 2.42. The van der Waals surface area contributed by atoms with Gasteiger partial charge in [-0.25, -0.2) is 0 Å².